The Balaban J connectivity index is 1.21. The highest BCUT2D eigenvalue weighted by Gasteiger charge is 2.39. The standard InChI is InChI=1S/C34H44N4O8S/c1-47(42,43)26-9-6-23(7-10-26)21-37-15-16-38-29(22-37)33(40)35-20-31-28(36-32(39)24-12-17-44-18-13-24)11-8-25(46-31)14-19-45-30-5-3-2-4-27(30)34(38)41/h2-7,9-10,24-25,28-29,31H,8,11-22H2,1H3,(H,35,40)(H,36,39)/t25-,28+,29-,31+/m0/s1. The maximum absolute atomic E-state index is 14.0. The molecule has 3 saturated heterocycles. The van der Waals surface area contributed by atoms with Gasteiger partial charge in [0.2, 0.25) is 11.8 Å². The van der Waals surface area contributed by atoms with Crippen LogP contribution in [0.5, 0.6) is 5.75 Å². The maximum atomic E-state index is 14.0. The molecule has 3 fully saturated rings. The molecule has 0 saturated carbocycles. The summed E-state index contributed by atoms with van der Waals surface area (Å²) in [5.74, 6) is -0.205. The van der Waals surface area contributed by atoms with Crippen LogP contribution in [0.25, 0.3) is 0 Å². The molecule has 0 spiro atoms. The molecule has 2 bridgehead atoms. The van der Waals surface area contributed by atoms with Gasteiger partial charge in [-0.15, -0.1) is 0 Å². The second-order valence-electron chi connectivity index (χ2n) is 12.9. The third kappa shape index (κ3) is 8.14. The van der Waals surface area contributed by atoms with E-state index in [0.717, 1.165) is 18.4 Å². The molecule has 4 atom stereocenters. The van der Waals surface area contributed by atoms with Crippen molar-refractivity contribution in [3.8, 4) is 5.75 Å². The molecule has 4 heterocycles. The zero-order valence-electron chi connectivity index (χ0n) is 26.8. The number of piperazine rings is 1. The molecule has 0 aromatic heterocycles. The molecule has 47 heavy (non-hydrogen) atoms. The van der Waals surface area contributed by atoms with Gasteiger partial charge in [0.05, 0.1) is 35.3 Å². The lowest BCUT2D eigenvalue weighted by Gasteiger charge is -2.42. The second kappa shape index (κ2) is 14.7. The minimum absolute atomic E-state index is 0.00437. The molecule has 4 aliphatic rings. The number of benzene rings is 2. The van der Waals surface area contributed by atoms with Crippen LogP contribution in [0, 0.1) is 5.92 Å². The van der Waals surface area contributed by atoms with Gasteiger partial charge in [-0.05, 0) is 55.5 Å². The van der Waals surface area contributed by atoms with Crippen molar-refractivity contribution in [2.24, 2.45) is 5.92 Å². The van der Waals surface area contributed by atoms with Gasteiger partial charge in [-0.1, -0.05) is 24.3 Å². The molecule has 13 heteroatoms. The largest absolute Gasteiger partial charge is 0.493 e. The zero-order valence-corrected chi connectivity index (χ0v) is 27.6. The lowest BCUT2D eigenvalue weighted by atomic mass is 9.94. The molecule has 6 rings (SSSR count). The van der Waals surface area contributed by atoms with Crippen LogP contribution in [0.2, 0.25) is 0 Å². The van der Waals surface area contributed by atoms with E-state index in [1.807, 2.05) is 6.07 Å². The predicted octanol–water partition coefficient (Wildman–Crippen LogP) is 1.77. The number of rotatable bonds is 5. The molecule has 3 amide bonds. The number of hydrogen-bond donors (Lipinski definition) is 2. The van der Waals surface area contributed by atoms with Gasteiger partial charge >= 0.3 is 0 Å². The molecule has 2 N–H and O–H groups in total. The predicted molar refractivity (Wildman–Crippen MR) is 173 cm³/mol. The Bertz CT molecular complexity index is 1550. The lowest BCUT2D eigenvalue weighted by molar-refractivity contribution is -0.134. The molecule has 4 aliphatic heterocycles. The van der Waals surface area contributed by atoms with E-state index in [1.54, 1.807) is 47.4 Å². The van der Waals surface area contributed by atoms with E-state index in [4.69, 9.17) is 14.2 Å². The van der Waals surface area contributed by atoms with Crippen molar-refractivity contribution in [3.05, 3.63) is 59.7 Å². The quantitative estimate of drug-likeness (QED) is 0.488. The summed E-state index contributed by atoms with van der Waals surface area (Å²) in [7, 11) is -3.31. The minimum atomic E-state index is -3.31. The summed E-state index contributed by atoms with van der Waals surface area (Å²) in [4.78, 5) is 45.1. The summed E-state index contributed by atoms with van der Waals surface area (Å²) in [6, 6.07) is 12.8. The Morgan fingerprint density at radius 3 is 2.49 bits per heavy atom. The topological polar surface area (TPSA) is 144 Å². The fourth-order valence-corrected chi connectivity index (χ4v) is 7.51. The van der Waals surface area contributed by atoms with Gasteiger partial charge in [0.1, 0.15) is 11.8 Å². The first kappa shape index (κ1) is 33.4. The van der Waals surface area contributed by atoms with Gasteiger partial charge in [-0.25, -0.2) is 8.42 Å². The van der Waals surface area contributed by atoms with E-state index in [1.165, 1.54) is 6.26 Å². The van der Waals surface area contributed by atoms with Crippen LogP contribution in [-0.4, -0.2) is 112 Å². The maximum Gasteiger partial charge on any atom is 0.258 e. The third-order valence-corrected chi connectivity index (χ3v) is 10.7. The normalized spacial score (nSPS) is 26.6. The molecule has 254 valence electrons. The van der Waals surface area contributed by atoms with Crippen molar-refractivity contribution in [1.82, 2.24) is 20.4 Å². The molecule has 12 nitrogen and oxygen atoms in total. The van der Waals surface area contributed by atoms with Gasteiger partial charge in [-0.2, -0.15) is 0 Å². The zero-order chi connectivity index (χ0) is 33.0. The number of para-hydroxylation sites is 1. The summed E-state index contributed by atoms with van der Waals surface area (Å²) >= 11 is 0. The Morgan fingerprint density at radius 2 is 1.72 bits per heavy atom. The van der Waals surface area contributed by atoms with E-state index in [9.17, 15) is 22.8 Å². The summed E-state index contributed by atoms with van der Waals surface area (Å²) in [5.41, 5.74) is 1.31. The van der Waals surface area contributed by atoms with Crippen molar-refractivity contribution in [1.29, 1.82) is 0 Å². The van der Waals surface area contributed by atoms with Crippen LogP contribution in [0.1, 0.15) is 48.0 Å². The molecule has 0 aliphatic carbocycles. The smallest absolute Gasteiger partial charge is 0.258 e. The first-order chi connectivity index (χ1) is 22.7. The van der Waals surface area contributed by atoms with Crippen molar-refractivity contribution >= 4 is 27.6 Å². The Morgan fingerprint density at radius 1 is 0.957 bits per heavy atom. The summed E-state index contributed by atoms with van der Waals surface area (Å²) in [5, 5.41) is 6.28. The molecular formula is C34H44N4O8S. The van der Waals surface area contributed by atoms with Crippen molar-refractivity contribution in [2.45, 2.75) is 67.8 Å². The molecule has 2 aromatic rings. The number of hydrogen-bond acceptors (Lipinski definition) is 9. The highest BCUT2D eigenvalue weighted by atomic mass is 32.2. The number of carbonyl (C=O) groups is 3. The first-order valence-electron chi connectivity index (χ1n) is 16.5. The van der Waals surface area contributed by atoms with Crippen molar-refractivity contribution in [3.63, 3.8) is 0 Å². The van der Waals surface area contributed by atoms with Crippen LogP contribution < -0.4 is 15.4 Å². The minimum Gasteiger partial charge on any atom is -0.493 e. The van der Waals surface area contributed by atoms with Gasteiger partial charge in [0.25, 0.3) is 5.91 Å². The number of nitrogens with one attached hydrogen (secondary N) is 2. The Labute approximate surface area is 276 Å². The van der Waals surface area contributed by atoms with Gasteiger partial charge in [0, 0.05) is 64.5 Å². The second-order valence-corrected chi connectivity index (χ2v) is 14.9. The monoisotopic (exact) mass is 668 g/mol. The summed E-state index contributed by atoms with van der Waals surface area (Å²) in [6.45, 7) is 3.32. The lowest BCUT2D eigenvalue weighted by Crippen LogP contribution is -2.62. The van der Waals surface area contributed by atoms with E-state index < -0.39 is 22.0 Å². The number of carbonyl (C=O) groups excluding carboxylic acids is 3. The van der Waals surface area contributed by atoms with Crippen LogP contribution in [0.15, 0.2) is 53.4 Å². The fraction of sp³-hybridized carbons (Fsp3) is 0.559. The highest BCUT2D eigenvalue weighted by Crippen LogP contribution is 2.27. The van der Waals surface area contributed by atoms with Crippen LogP contribution in [0.4, 0.5) is 0 Å². The summed E-state index contributed by atoms with van der Waals surface area (Å²) in [6.07, 6.45) is 4.07. The van der Waals surface area contributed by atoms with Gasteiger partial charge in [-0.3, -0.25) is 19.3 Å². The SMILES string of the molecule is CS(=O)(=O)c1ccc(CN2CCN3C(=O)c4ccccc4OCC[C@@H]4CC[C@@H](NC(=O)C5CCOCC5)[C@@H](CNC(=O)[C@@H]3C2)O4)cc1. The number of fused-ring (bicyclic) bond motifs is 4. The van der Waals surface area contributed by atoms with Crippen molar-refractivity contribution in [2.75, 3.05) is 52.3 Å². The fourth-order valence-electron chi connectivity index (χ4n) is 6.88. The number of ether oxygens (including phenoxy) is 3. The molecular weight excluding hydrogens is 624 g/mol. The van der Waals surface area contributed by atoms with Crippen molar-refractivity contribution < 1.29 is 37.0 Å². The number of nitrogens with zero attached hydrogens (tertiary/aromatic N) is 2. The third-order valence-electron chi connectivity index (χ3n) is 9.61. The average molecular weight is 669 g/mol. The molecule has 0 unspecified atom stereocenters. The molecule has 2 aromatic carbocycles. The number of amides is 3. The van der Waals surface area contributed by atoms with Crippen LogP contribution >= 0.6 is 0 Å². The van der Waals surface area contributed by atoms with E-state index >= 15 is 0 Å². The first-order valence-corrected chi connectivity index (χ1v) is 18.4. The van der Waals surface area contributed by atoms with Gasteiger partial charge in [0.15, 0.2) is 9.84 Å². The van der Waals surface area contributed by atoms with E-state index in [-0.39, 0.29) is 53.8 Å². The van der Waals surface area contributed by atoms with Crippen LogP contribution in [-0.2, 0) is 35.4 Å². The number of sulfone groups is 1. The molecule has 0 radical (unpaired) electrons. The Kier molecular flexibility index (Phi) is 10.5. The van der Waals surface area contributed by atoms with E-state index in [0.29, 0.717) is 70.0 Å². The van der Waals surface area contributed by atoms with E-state index in [2.05, 4.69) is 15.5 Å². The highest BCUT2D eigenvalue weighted by molar-refractivity contribution is 7.90. The average Bonchev–Trinajstić information content (AvgIpc) is 3.08. The van der Waals surface area contributed by atoms with Crippen LogP contribution in [0.3, 0.4) is 0 Å². The Hall–Kier alpha value is -3.52. The van der Waals surface area contributed by atoms with Gasteiger partial charge < -0.3 is 29.7 Å². The summed E-state index contributed by atoms with van der Waals surface area (Å²) < 4.78 is 41.9.